The van der Waals surface area contributed by atoms with E-state index in [0.29, 0.717) is 0 Å². The van der Waals surface area contributed by atoms with Crippen LogP contribution in [0.3, 0.4) is 0 Å². The molecule has 4 aliphatic carbocycles. The van der Waals surface area contributed by atoms with Crippen LogP contribution in [0.25, 0.3) is 22.3 Å². The van der Waals surface area contributed by atoms with Gasteiger partial charge >= 0.3 is 0 Å². The van der Waals surface area contributed by atoms with E-state index >= 15 is 0 Å². The van der Waals surface area contributed by atoms with E-state index in [2.05, 4.69) is 305 Å². The Morgan fingerprint density at radius 2 is 0.160 bits per heavy atom. The van der Waals surface area contributed by atoms with E-state index in [0.717, 1.165) is 0 Å². The maximum atomic E-state index is 2.71. The first-order valence-electron chi connectivity index (χ1n) is 38.5. The Morgan fingerprint density at radius 1 is 0.0900 bits per heavy atom. The van der Waals surface area contributed by atoms with Crippen LogP contribution in [0.1, 0.15) is 300 Å². The molecule has 4 aliphatic rings. The van der Waals surface area contributed by atoms with Crippen LogP contribution < -0.4 is 0 Å². The molecule has 12 rings (SSSR count). The van der Waals surface area contributed by atoms with E-state index in [-0.39, 0.29) is 43.3 Å². The molecular weight excluding hydrogens is 1200 g/mol. The predicted octanol–water partition coefficient (Wildman–Crippen LogP) is 26.7. The van der Waals surface area contributed by atoms with Crippen molar-refractivity contribution < 1.29 is 0 Å². The van der Waals surface area contributed by atoms with Gasteiger partial charge in [0, 0.05) is 43.3 Å². The van der Waals surface area contributed by atoms with Crippen molar-refractivity contribution in [3.63, 3.8) is 0 Å². The Balaban J connectivity index is 0.000000202. The fourth-order valence-electron chi connectivity index (χ4n) is 25.9. The van der Waals surface area contributed by atoms with Crippen LogP contribution in [0.15, 0.2) is 0 Å². The fraction of sp³-hybridized carbons (Fsp3) is 0.520. The van der Waals surface area contributed by atoms with Gasteiger partial charge in [0.25, 0.3) is 0 Å². The lowest BCUT2D eigenvalue weighted by atomic mass is 9.18. The van der Waals surface area contributed by atoms with Gasteiger partial charge in [-0.3, -0.25) is 0 Å². The third-order valence-corrected chi connectivity index (χ3v) is 35.2. The highest BCUT2D eigenvalue weighted by Gasteiger charge is 2.86. The molecule has 0 saturated heterocycles. The molecule has 8 aromatic carbocycles. The summed E-state index contributed by atoms with van der Waals surface area (Å²) in [6.45, 7) is 108. The molecule has 0 unspecified atom stereocenters. The second kappa shape index (κ2) is 22.6. The van der Waals surface area contributed by atoms with Crippen molar-refractivity contribution in [3.05, 3.63) is 245 Å². The largest absolute Gasteiger partial charge is 0.0538 e. The molecule has 532 valence electrons. The van der Waals surface area contributed by atoms with E-state index < -0.39 is 0 Å². The van der Waals surface area contributed by atoms with Crippen molar-refractivity contribution in [3.8, 4) is 22.3 Å². The van der Waals surface area contributed by atoms with E-state index in [9.17, 15) is 0 Å². The summed E-state index contributed by atoms with van der Waals surface area (Å²) in [4.78, 5) is 0. The minimum absolute atomic E-state index is 0.159. The lowest BCUT2D eigenvalue weighted by molar-refractivity contribution is -0.119. The predicted molar refractivity (Wildman–Crippen MR) is 439 cm³/mol. The quantitative estimate of drug-likeness (QED) is 0.165. The maximum absolute atomic E-state index is 2.71. The fourth-order valence-corrected chi connectivity index (χ4v) is 25.9. The Hall–Kier alpha value is -6.24. The second-order valence-electron chi connectivity index (χ2n) is 36.0. The molecule has 0 amide bonds. The summed E-state index contributed by atoms with van der Waals surface area (Å²) in [5.41, 5.74) is 69.8. The molecular formula is C100H132. The summed E-state index contributed by atoms with van der Waals surface area (Å²) in [5, 5.41) is 0. The number of rotatable bonds is 4. The number of hydrogen-bond donors (Lipinski definition) is 0. The van der Waals surface area contributed by atoms with E-state index in [1.807, 2.05) is 0 Å². The van der Waals surface area contributed by atoms with Crippen LogP contribution in [0.5, 0.6) is 0 Å². The minimum atomic E-state index is -0.287. The zero-order valence-corrected chi connectivity index (χ0v) is 72.0. The summed E-state index contributed by atoms with van der Waals surface area (Å²) in [6, 6.07) is 0. The average molecular weight is 1330 g/mol. The Kier molecular flexibility index (Phi) is 17.0. The van der Waals surface area contributed by atoms with Crippen LogP contribution >= 0.6 is 0 Å². The summed E-state index contributed by atoms with van der Waals surface area (Å²) in [5.74, 6) is 0. The third kappa shape index (κ3) is 7.68. The SMILES string of the molecule is Cc1c(C)c(C)c(C2(C)C(C)(c3c(C)c(C)c(C)c(C)c3C)C(C)(c3c(C)c(C)c(C)c(C)c3C)C2(C)c2c(C)c(C)c(C)c(C)c2C)c(C)c1C.Cc1c(C)c(C)c2c(c1C)-c1c(C)c(C)c(C)c(C)c1C1(C)C2(C)C2(C)c3c(C)c(C)c(C)c(C)c3-c3c(C)c(C)c(C)c(C)c3C12C. The van der Waals surface area contributed by atoms with Gasteiger partial charge in [0.2, 0.25) is 0 Å². The molecule has 0 aliphatic heterocycles. The average Bonchev–Trinajstić information content (AvgIpc) is 0.606. The Morgan fingerprint density at radius 3 is 0.270 bits per heavy atom. The first kappa shape index (κ1) is 74.9. The highest BCUT2D eigenvalue weighted by molar-refractivity contribution is 5.96. The van der Waals surface area contributed by atoms with Crippen LogP contribution in [0, 0.1) is 249 Å². The van der Waals surface area contributed by atoms with Gasteiger partial charge in [0.05, 0.1) is 0 Å². The molecule has 0 heterocycles. The summed E-state index contributed by atoms with van der Waals surface area (Å²) >= 11 is 0. The molecule has 0 spiro atoms. The van der Waals surface area contributed by atoms with Crippen LogP contribution in [-0.4, -0.2) is 0 Å². The molecule has 0 atom stereocenters. The molecule has 0 radical (unpaired) electrons. The standard InChI is InChI=1S/C52H72.C48H60/c1-25-29(5)37(13)45(38(14)30(25)6)49(21)50(22,46-39(15)31(7)26(2)32(8)40(46)16)52(24,48-43(19)35(11)28(4)36(12)44(48)20)51(49,23)47-41(17)33(9)27(3)34(10)42(47)18;1-21-25(5)33(13)41-37(29(21)9)38-30(10)22(2)26(6)34(14)42(38)46(18)45(41,17)47(19)43-35(15)27(7)23(3)31(11)39(43)40-32(12)24(4)28(8)36(16)44(40)48(46,47)20/h1-24H3;1-20H3. The number of benzene rings is 8. The van der Waals surface area contributed by atoms with E-state index in [4.69, 9.17) is 0 Å². The number of fused-ring (bicyclic) bond motifs is 14. The van der Waals surface area contributed by atoms with Crippen molar-refractivity contribution in [1.82, 2.24) is 0 Å². The Bertz CT molecular complexity index is 4320. The molecule has 0 heteroatoms. The van der Waals surface area contributed by atoms with Crippen molar-refractivity contribution >= 4 is 0 Å². The molecule has 100 heavy (non-hydrogen) atoms. The number of hydrogen-bond acceptors (Lipinski definition) is 0. The van der Waals surface area contributed by atoms with Gasteiger partial charge in [-0.1, -0.05) is 55.4 Å². The van der Waals surface area contributed by atoms with Crippen molar-refractivity contribution in [1.29, 1.82) is 0 Å². The molecule has 0 aromatic heterocycles. The van der Waals surface area contributed by atoms with Gasteiger partial charge in [-0.2, -0.15) is 0 Å². The summed E-state index contributed by atoms with van der Waals surface area (Å²) in [6.07, 6.45) is 0. The summed E-state index contributed by atoms with van der Waals surface area (Å²) in [7, 11) is 0. The van der Waals surface area contributed by atoms with Gasteiger partial charge in [-0.25, -0.2) is 0 Å². The molecule has 0 nitrogen and oxygen atoms in total. The van der Waals surface area contributed by atoms with Gasteiger partial charge in [-0.15, -0.1) is 0 Å². The monoisotopic (exact) mass is 1330 g/mol. The Labute approximate surface area is 611 Å². The van der Waals surface area contributed by atoms with Crippen molar-refractivity contribution in [2.75, 3.05) is 0 Å². The van der Waals surface area contributed by atoms with Gasteiger partial charge < -0.3 is 0 Å². The summed E-state index contributed by atoms with van der Waals surface area (Å²) < 4.78 is 0. The normalized spacial score (nSPS) is 25.3. The first-order valence-corrected chi connectivity index (χ1v) is 38.5. The van der Waals surface area contributed by atoms with Gasteiger partial charge in [0.15, 0.2) is 0 Å². The van der Waals surface area contributed by atoms with E-state index in [1.54, 1.807) is 44.5 Å². The van der Waals surface area contributed by atoms with Crippen LogP contribution in [0.2, 0.25) is 0 Å². The minimum Gasteiger partial charge on any atom is -0.0538 e. The highest BCUT2D eigenvalue weighted by Crippen LogP contribution is 2.86. The highest BCUT2D eigenvalue weighted by atomic mass is 14.9. The lowest BCUT2D eigenvalue weighted by Crippen LogP contribution is -2.86. The zero-order valence-electron chi connectivity index (χ0n) is 72.0. The van der Waals surface area contributed by atoms with Crippen LogP contribution in [-0.2, 0) is 43.3 Å². The molecule has 2 saturated carbocycles. The van der Waals surface area contributed by atoms with Gasteiger partial charge in [0.1, 0.15) is 0 Å². The molecule has 8 aromatic rings. The second-order valence-corrected chi connectivity index (χ2v) is 36.0. The maximum Gasteiger partial charge on any atom is 0.0140 e. The zero-order chi connectivity index (χ0) is 75.7. The van der Waals surface area contributed by atoms with Gasteiger partial charge in [-0.05, 0) is 516 Å². The topological polar surface area (TPSA) is 0 Å². The smallest absolute Gasteiger partial charge is 0.0140 e. The van der Waals surface area contributed by atoms with Crippen LogP contribution in [0.4, 0.5) is 0 Å². The first-order chi connectivity index (χ1) is 45.8. The van der Waals surface area contributed by atoms with Crippen molar-refractivity contribution in [2.45, 2.75) is 348 Å². The third-order valence-electron chi connectivity index (χ3n) is 35.2. The molecule has 2 fully saturated rings. The molecule has 0 bridgehead atoms. The van der Waals surface area contributed by atoms with E-state index in [1.165, 1.54) is 223 Å². The molecule has 0 N–H and O–H groups in total. The van der Waals surface area contributed by atoms with Crippen molar-refractivity contribution in [2.24, 2.45) is 0 Å². The lowest BCUT2D eigenvalue weighted by Gasteiger charge is -2.83.